The molecule has 3 rings (SSSR count). The smallest absolute Gasteiger partial charge is 0.404 e. The zero-order valence-electron chi connectivity index (χ0n) is 14.4. The van der Waals surface area contributed by atoms with Crippen LogP contribution in [0.4, 0.5) is 4.39 Å². The third-order valence-corrected chi connectivity index (χ3v) is 5.98. The summed E-state index contributed by atoms with van der Waals surface area (Å²) in [5, 5.41) is 31.7. The van der Waals surface area contributed by atoms with Crippen molar-refractivity contribution in [1.29, 1.82) is 0 Å². The van der Waals surface area contributed by atoms with Crippen LogP contribution >= 0.6 is 7.75 Å². The molecule has 0 amide bonds. The molecule has 2 unspecified atom stereocenters. The lowest BCUT2D eigenvalue weighted by atomic mass is 9.95. The molecule has 7 atom stereocenters. The molecule has 1 saturated carbocycles. The Labute approximate surface area is 154 Å². The van der Waals surface area contributed by atoms with Crippen molar-refractivity contribution in [2.75, 3.05) is 0 Å². The first-order chi connectivity index (χ1) is 12.7. The number of H-pyrrole nitrogens is 1. The quantitative estimate of drug-likeness (QED) is 0.270. The summed E-state index contributed by atoms with van der Waals surface area (Å²) in [6.07, 6.45) is -3.08. The highest BCUT2D eigenvalue weighted by molar-refractivity contribution is 7.50. The Balaban J connectivity index is 1.87. The van der Waals surface area contributed by atoms with Crippen molar-refractivity contribution in [1.82, 2.24) is 14.6 Å². The van der Waals surface area contributed by atoms with Crippen LogP contribution in [0, 0.1) is 0 Å². The average Bonchev–Trinajstić information content (AvgIpc) is 2.94. The van der Waals surface area contributed by atoms with Gasteiger partial charge in [0, 0.05) is 12.3 Å². The minimum Gasteiger partial charge on any atom is -0.480 e. The number of carbonyl (C=O) groups is 1. The van der Waals surface area contributed by atoms with Gasteiger partial charge in [-0.3, -0.25) is 23.7 Å². The van der Waals surface area contributed by atoms with Crippen molar-refractivity contribution >= 4 is 13.7 Å². The largest absolute Gasteiger partial charge is 0.480 e. The van der Waals surface area contributed by atoms with Gasteiger partial charge in [0.05, 0.1) is 0 Å². The molecule has 1 aromatic rings. The molecule has 2 aliphatic rings. The predicted octanol–water partition coefficient (Wildman–Crippen LogP) is -2.22. The van der Waals surface area contributed by atoms with Gasteiger partial charge < -0.3 is 24.9 Å². The highest BCUT2D eigenvalue weighted by Crippen LogP contribution is 2.71. The van der Waals surface area contributed by atoms with Crippen LogP contribution in [0.3, 0.4) is 0 Å². The fraction of sp³-hybridized carbons (Fsp3) is 0.615. The number of hydrogen-bond donors (Lipinski definition) is 6. The van der Waals surface area contributed by atoms with Gasteiger partial charge in [0.2, 0.25) is 0 Å². The lowest BCUT2D eigenvalue weighted by molar-refractivity contribution is -0.180. The Morgan fingerprint density at radius 2 is 2.11 bits per heavy atom. The number of aromatic amines is 1. The van der Waals surface area contributed by atoms with E-state index in [2.05, 4.69) is 4.52 Å². The molecule has 13 nitrogen and oxygen atoms in total. The number of nitrogens with one attached hydrogen (secondary N) is 2. The molecule has 0 bridgehead atoms. The second-order valence-electron chi connectivity index (χ2n) is 6.74. The second-order valence-corrected chi connectivity index (χ2v) is 8.25. The fourth-order valence-electron chi connectivity index (χ4n) is 3.15. The summed E-state index contributed by atoms with van der Waals surface area (Å²) in [6, 6.07) is -0.652. The zero-order valence-corrected chi connectivity index (χ0v) is 15.3. The van der Waals surface area contributed by atoms with Gasteiger partial charge in [0.15, 0.2) is 17.9 Å². The average molecular weight is 425 g/mol. The topological polar surface area (TPSA) is 200 Å². The molecule has 2 heterocycles. The Hall–Kier alpha value is -1.93. The minimum absolute atomic E-state index is 0.618. The summed E-state index contributed by atoms with van der Waals surface area (Å²) in [4.78, 5) is 45.3. The van der Waals surface area contributed by atoms with E-state index < -0.39 is 60.4 Å². The van der Waals surface area contributed by atoms with Crippen LogP contribution in [0.1, 0.15) is 20.1 Å². The van der Waals surface area contributed by atoms with E-state index in [-0.39, 0.29) is 0 Å². The van der Waals surface area contributed by atoms with Crippen LogP contribution in [-0.4, -0.2) is 64.9 Å². The Morgan fingerprint density at radius 1 is 1.50 bits per heavy atom. The number of fused-ring (bicyclic) bond motifs is 1. The van der Waals surface area contributed by atoms with Crippen LogP contribution in [0.5, 0.6) is 0 Å². The standard InChI is InChI=1S/C13H17FN3O10P/c1-5(7(19)20)16-28(24,25)27-8-12(23)11(2,22)9(26-13(8,12)14)17-4-3-6(18)15-10(17)21/h3-5,8-9,22-23H,1-2H3,(H,19,20)(H,15,18,21)(H2,16,24,25)/t5?,8-,9+,11-,12-,13+/m0/s1. The van der Waals surface area contributed by atoms with Crippen LogP contribution in [-0.2, 0) is 18.6 Å². The van der Waals surface area contributed by atoms with Gasteiger partial charge in [0.1, 0.15) is 11.6 Å². The van der Waals surface area contributed by atoms with Gasteiger partial charge in [-0.1, -0.05) is 0 Å². The van der Waals surface area contributed by atoms with E-state index in [1.54, 1.807) is 5.09 Å². The number of alkyl halides is 1. The normalized spacial score (nSPS) is 39.8. The molecule has 15 heteroatoms. The van der Waals surface area contributed by atoms with Crippen molar-refractivity contribution in [3.05, 3.63) is 33.1 Å². The van der Waals surface area contributed by atoms with Gasteiger partial charge in [0.25, 0.3) is 11.4 Å². The van der Waals surface area contributed by atoms with Crippen LogP contribution < -0.4 is 16.3 Å². The minimum atomic E-state index is -4.94. The molecule has 28 heavy (non-hydrogen) atoms. The SMILES string of the molecule is CC(NP(=O)(O)O[C@H]1[C@]2(O)[C@@](C)(O)[C@H](n3ccc(=O)[nH]c3=O)O[C@]12F)C(=O)O. The molecule has 6 N–H and O–H groups in total. The number of rotatable bonds is 6. The second kappa shape index (κ2) is 6.03. The number of aromatic nitrogens is 2. The van der Waals surface area contributed by atoms with E-state index >= 15 is 4.39 Å². The third kappa shape index (κ3) is 2.76. The first-order valence-corrected chi connectivity index (χ1v) is 9.40. The number of aliphatic hydroxyl groups is 2. The Kier molecular flexibility index (Phi) is 4.48. The Morgan fingerprint density at radius 3 is 2.57 bits per heavy atom. The van der Waals surface area contributed by atoms with Crippen LogP contribution in [0.15, 0.2) is 21.9 Å². The molecular formula is C13H17FN3O10P. The van der Waals surface area contributed by atoms with Gasteiger partial charge in [-0.15, -0.1) is 0 Å². The Bertz CT molecular complexity index is 993. The first-order valence-electron chi connectivity index (χ1n) is 7.82. The maximum absolute atomic E-state index is 15.1. The summed E-state index contributed by atoms with van der Waals surface area (Å²) >= 11 is 0. The summed E-state index contributed by atoms with van der Waals surface area (Å²) in [7, 11) is -4.94. The monoisotopic (exact) mass is 425 g/mol. The van der Waals surface area contributed by atoms with Crippen LogP contribution in [0.25, 0.3) is 0 Å². The van der Waals surface area contributed by atoms with Crippen molar-refractivity contribution in [3.8, 4) is 0 Å². The van der Waals surface area contributed by atoms with Gasteiger partial charge in [-0.25, -0.2) is 18.8 Å². The van der Waals surface area contributed by atoms with E-state index in [0.29, 0.717) is 4.57 Å². The number of nitrogens with zero attached hydrogens (tertiary/aromatic N) is 1. The van der Waals surface area contributed by atoms with Gasteiger partial charge in [-0.05, 0) is 13.8 Å². The summed E-state index contributed by atoms with van der Waals surface area (Å²) < 4.78 is 37.2. The zero-order chi connectivity index (χ0) is 21.3. The predicted molar refractivity (Wildman–Crippen MR) is 85.8 cm³/mol. The van der Waals surface area contributed by atoms with Crippen molar-refractivity contribution < 1.29 is 43.2 Å². The highest BCUT2D eigenvalue weighted by Gasteiger charge is 2.95. The summed E-state index contributed by atoms with van der Waals surface area (Å²) in [6.45, 7) is 1.92. The van der Waals surface area contributed by atoms with Crippen LogP contribution in [0.2, 0.25) is 0 Å². The highest BCUT2D eigenvalue weighted by atomic mass is 31.2. The molecule has 156 valence electrons. The summed E-state index contributed by atoms with van der Waals surface area (Å²) in [5.41, 5.74) is -7.24. The third-order valence-electron chi connectivity index (χ3n) is 4.77. The molecule has 1 aromatic heterocycles. The molecule has 0 aromatic carbocycles. The number of halogens is 1. The number of hydrogen-bond acceptors (Lipinski definition) is 8. The van der Waals surface area contributed by atoms with E-state index in [4.69, 9.17) is 9.84 Å². The molecule has 0 spiro atoms. The number of ether oxygens (including phenoxy) is 1. The number of aliphatic carboxylic acids is 1. The maximum Gasteiger partial charge on any atom is 0.404 e. The lowest BCUT2D eigenvalue weighted by Crippen LogP contribution is -2.51. The molecule has 1 saturated heterocycles. The fourth-order valence-corrected chi connectivity index (χ4v) is 4.39. The van der Waals surface area contributed by atoms with E-state index in [9.17, 15) is 34.1 Å². The summed E-state index contributed by atoms with van der Waals surface area (Å²) in [5.74, 6) is -4.69. The molecule has 0 radical (unpaired) electrons. The van der Waals surface area contributed by atoms with Gasteiger partial charge in [-0.2, -0.15) is 0 Å². The van der Waals surface area contributed by atoms with E-state index in [1.165, 1.54) is 0 Å². The lowest BCUT2D eigenvalue weighted by Gasteiger charge is -2.32. The van der Waals surface area contributed by atoms with Gasteiger partial charge >= 0.3 is 19.4 Å². The maximum atomic E-state index is 15.1. The number of carboxylic acids is 1. The van der Waals surface area contributed by atoms with Crippen molar-refractivity contribution in [3.63, 3.8) is 0 Å². The molecular weight excluding hydrogens is 408 g/mol. The molecule has 1 aliphatic carbocycles. The van der Waals surface area contributed by atoms with Crippen molar-refractivity contribution in [2.45, 2.75) is 49.3 Å². The van der Waals surface area contributed by atoms with Crippen molar-refractivity contribution in [2.24, 2.45) is 0 Å². The first kappa shape index (κ1) is 20.8. The van der Waals surface area contributed by atoms with E-state index in [0.717, 1.165) is 26.1 Å². The molecule has 1 aliphatic heterocycles. The molecule has 2 fully saturated rings. The number of carboxylic acid groups (broad SMARTS) is 1. The van der Waals surface area contributed by atoms with E-state index in [1.807, 2.05) is 4.98 Å².